The van der Waals surface area contributed by atoms with E-state index in [1.165, 1.54) is 0 Å². The van der Waals surface area contributed by atoms with E-state index in [1.54, 1.807) is 22.3 Å². The topological polar surface area (TPSA) is 150 Å². The molecule has 1 aromatic heterocycles. The van der Waals surface area contributed by atoms with Gasteiger partial charge in [0.1, 0.15) is 17.8 Å². The van der Waals surface area contributed by atoms with Crippen molar-refractivity contribution in [2.75, 3.05) is 64.8 Å². The number of rotatable bonds is 13. The van der Waals surface area contributed by atoms with Crippen molar-refractivity contribution in [2.45, 2.75) is 58.7 Å². The number of hydrogen-bond donors (Lipinski definition) is 5. The van der Waals surface area contributed by atoms with Crippen LogP contribution in [0.5, 0.6) is 5.75 Å². The number of piperazine rings is 1. The Bertz CT molecular complexity index is 2240. The first-order chi connectivity index (χ1) is 29.2. The van der Waals surface area contributed by atoms with E-state index in [4.69, 9.17) is 0 Å². The predicted molar refractivity (Wildman–Crippen MR) is 242 cm³/mol. The highest BCUT2D eigenvalue weighted by molar-refractivity contribution is 7.13. The van der Waals surface area contributed by atoms with Gasteiger partial charge in [0.15, 0.2) is 5.70 Å². The molecule has 0 bridgehead atoms. The van der Waals surface area contributed by atoms with E-state index in [0.717, 1.165) is 62.9 Å². The smallest absolute Gasteiger partial charge is 0.246 e. The molecule has 3 aromatic carbocycles. The molecular formula is C47H60N9O4S+. The van der Waals surface area contributed by atoms with Crippen LogP contribution in [0.15, 0.2) is 90.6 Å². The molecule has 0 radical (unpaired) electrons. The number of aryl methyl sites for hydroxylation is 1. The molecule has 3 aliphatic heterocycles. The van der Waals surface area contributed by atoms with Gasteiger partial charge in [-0.15, -0.1) is 11.3 Å². The second kappa shape index (κ2) is 19.0. The summed E-state index contributed by atoms with van der Waals surface area (Å²) in [5, 5.41) is 16.7. The number of phenols is 1. The first-order valence-electron chi connectivity index (χ1n) is 21.2. The quantitative estimate of drug-likeness (QED) is 0.124. The Hall–Kier alpha value is -5.54. The molecule has 0 aliphatic carbocycles. The largest absolute Gasteiger partial charge is 0.507 e. The molecule has 14 heteroatoms. The molecule has 6 N–H and O–H groups in total. The number of quaternary nitrogens is 1. The molecule has 2 fully saturated rings. The maximum absolute atomic E-state index is 14.3. The van der Waals surface area contributed by atoms with Crippen LogP contribution in [0.25, 0.3) is 21.7 Å². The summed E-state index contributed by atoms with van der Waals surface area (Å²) in [6, 6.07) is 22.4. The minimum Gasteiger partial charge on any atom is -0.507 e. The molecule has 7 rings (SSSR count). The summed E-state index contributed by atoms with van der Waals surface area (Å²) in [7, 11) is 3.96. The molecule has 0 spiro atoms. The van der Waals surface area contributed by atoms with E-state index in [1.807, 2.05) is 82.0 Å². The fourth-order valence-electron chi connectivity index (χ4n) is 8.38. The average molecular weight is 847 g/mol. The van der Waals surface area contributed by atoms with Gasteiger partial charge in [0.05, 0.1) is 40.4 Å². The second-order valence-electron chi connectivity index (χ2n) is 17.6. The van der Waals surface area contributed by atoms with Gasteiger partial charge in [0, 0.05) is 56.6 Å². The Morgan fingerprint density at radius 3 is 2.31 bits per heavy atom. The number of nitrogens with two attached hydrogens (primary N) is 1. The molecule has 4 heterocycles. The third-order valence-corrected chi connectivity index (χ3v) is 12.7. The van der Waals surface area contributed by atoms with Crippen molar-refractivity contribution >= 4 is 46.0 Å². The molecule has 3 amide bonds. The maximum atomic E-state index is 14.3. The lowest BCUT2D eigenvalue weighted by Crippen LogP contribution is -2.89. The van der Waals surface area contributed by atoms with Gasteiger partial charge >= 0.3 is 0 Å². The first-order valence-corrected chi connectivity index (χ1v) is 22.1. The van der Waals surface area contributed by atoms with E-state index in [0.29, 0.717) is 39.0 Å². The number of aromatic hydroxyl groups is 1. The van der Waals surface area contributed by atoms with Crippen LogP contribution in [0, 0.1) is 12.3 Å². The lowest BCUT2D eigenvalue weighted by Gasteiger charge is -2.38. The summed E-state index contributed by atoms with van der Waals surface area (Å²) in [6.07, 6.45) is 5.31. The average Bonchev–Trinajstić information content (AvgIpc) is 3.92. The van der Waals surface area contributed by atoms with Crippen molar-refractivity contribution in [3.05, 3.63) is 113 Å². The maximum Gasteiger partial charge on any atom is 0.246 e. The summed E-state index contributed by atoms with van der Waals surface area (Å²) in [5.41, 5.74) is 14.3. The number of likely N-dealkylation sites (N-methyl/N-ethyl adjacent to an activating group) is 1. The number of nitrogens with zero attached hydrogens (tertiary/aromatic N) is 5. The van der Waals surface area contributed by atoms with Crippen LogP contribution in [0.3, 0.4) is 0 Å². The Labute approximate surface area is 363 Å². The van der Waals surface area contributed by atoms with Crippen molar-refractivity contribution in [1.82, 2.24) is 35.7 Å². The number of anilines is 1. The van der Waals surface area contributed by atoms with Crippen molar-refractivity contribution < 1.29 is 24.9 Å². The van der Waals surface area contributed by atoms with E-state index in [-0.39, 0.29) is 36.1 Å². The van der Waals surface area contributed by atoms with E-state index >= 15 is 0 Å². The zero-order valence-corrected chi connectivity index (χ0v) is 37.0. The number of amides is 3. The summed E-state index contributed by atoms with van der Waals surface area (Å²) >= 11 is 1.61. The molecule has 61 heavy (non-hydrogen) atoms. The third kappa shape index (κ3) is 10.5. The van der Waals surface area contributed by atoms with Crippen LogP contribution < -0.4 is 26.4 Å². The zero-order chi connectivity index (χ0) is 43.3. The van der Waals surface area contributed by atoms with Crippen LogP contribution in [0.1, 0.15) is 62.0 Å². The standard InChI is InChI=1S/C47H59N9O4S/c1-31-43(61-30-48-31)34-15-13-33(14-16-34)39(28-53(5)6)50-45(59)40-11-9-21-56(40)46(60)44(47(2,3)4)51-42(58)29-54-22-24-55(25-23-54)36-19-17-32(18-20-36)35-26-38(52-49-27-35)37-10-7-8-12-41(37)57/h7-8,10,12-20,26-27,30,39-40,44,49,52,57H,9,11,21-25,28-29H2,1-6H3,(H,50,59)(H,51,58)/p+1. The molecule has 4 aromatic rings. The van der Waals surface area contributed by atoms with Crippen molar-refractivity contribution in [1.29, 1.82) is 0 Å². The molecule has 322 valence electrons. The monoisotopic (exact) mass is 846 g/mol. The molecule has 0 saturated carbocycles. The number of benzene rings is 3. The number of carbonyl (C=O) groups is 3. The molecular weight excluding hydrogens is 787 g/mol. The van der Waals surface area contributed by atoms with Crippen LogP contribution in [-0.4, -0.2) is 115 Å². The number of allylic oxidation sites excluding steroid dienone is 2. The lowest BCUT2D eigenvalue weighted by molar-refractivity contribution is -0.615. The highest BCUT2D eigenvalue weighted by Gasteiger charge is 2.42. The summed E-state index contributed by atoms with van der Waals surface area (Å²) < 4.78 is 0. The zero-order valence-electron chi connectivity index (χ0n) is 36.1. The molecule has 13 nitrogen and oxygen atoms in total. The predicted octanol–water partition coefficient (Wildman–Crippen LogP) is 4.35. The van der Waals surface area contributed by atoms with Gasteiger partial charge in [-0.05, 0) is 80.2 Å². The Balaban J connectivity index is 0.929. The Kier molecular flexibility index (Phi) is 13.6. The summed E-state index contributed by atoms with van der Waals surface area (Å²) in [5.74, 6) is -0.352. The number of thiazole rings is 1. The Morgan fingerprint density at radius 2 is 1.66 bits per heavy atom. The summed E-state index contributed by atoms with van der Waals surface area (Å²) in [4.78, 5) is 55.7. The minimum atomic E-state index is -0.787. The highest BCUT2D eigenvalue weighted by Crippen LogP contribution is 2.31. The minimum absolute atomic E-state index is 0.177. The van der Waals surface area contributed by atoms with Gasteiger partial charge in [-0.3, -0.25) is 19.3 Å². The van der Waals surface area contributed by atoms with Crippen LogP contribution in [-0.2, 0) is 14.4 Å². The van der Waals surface area contributed by atoms with Crippen LogP contribution in [0.2, 0.25) is 0 Å². The van der Waals surface area contributed by atoms with Gasteiger partial charge in [0.25, 0.3) is 0 Å². The third-order valence-electron chi connectivity index (χ3n) is 11.8. The summed E-state index contributed by atoms with van der Waals surface area (Å²) in [6.45, 7) is 12.1. The molecule has 2 saturated heterocycles. The molecule has 3 unspecified atom stereocenters. The van der Waals surface area contributed by atoms with Crippen molar-refractivity contribution in [3.8, 4) is 16.2 Å². The van der Waals surface area contributed by atoms with E-state index in [2.05, 4.69) is 85.5 Å². The Morgan fingerprint density at radius 1 is 0.951 bits per heavy atom. The number of likely N-dealkylation sites (tertiary alicyclic amines) is 1. The van der Waals surface area contributed by atoms with Gasteiger partial charge in [-0.2, -0.15) is 0 Å². The number of hydrogen-bond acceptors (Lipinski definition) is 10. The number of para-hydroxylation sites is 1. The van der Waals surface area contributed by atoms with E-state index in [9.17, 15) is 19.5 Å². The van der Waals surface area contributed by atoms with Gasteiger partial charge in [-0.1, -0.05) is 69.3 Å². The number of nitrogens with one attached hydrogen (secondary N) is 3. The van der Waals surface area contributed by atoms with Crippen molar-refractivity contribution in [2.24, 2.45) is 5.41 Å². The molecule has 3 aliphatic rings. The van der Waals surface area contributed by atoms with Gasteiger partial charge < -0.3 is 30.4 Å². The van der Waals surface area contributed by atoms with Crippen LogP contribution in [0.4, 0.5) is 5.69 Å². The van der Waals surface area contributed by atoms with E-state index < -0.39 is 17.5 Å². The number of aromatic nitrogens is 1. The lowest BCUT2D eigenvalue weighted by atomic mass is 9.85. The van der Waals surface area contributed by atoms with Crippen LogP contribution >= 0.6 is 11.3 Å². The second-order valence-corrected chi connectivity index (χ2v) is 18.5. The fourth-order valence-corrected chi connectivity index (χ4v) is 9.19. The fraction of sp³-hybridized carbons (Fsp3) is 0.404. The number of phenolic OH excluding ortho intramolecular Hbond substituents is 1. The van der Waals surface area contributed by atoms with Gasteiger partial charge in [0.2, 0.25) is 17.7 Å². The highest BCUT2D eigenvalue weighted by atomic mass is 32.1. The molecule has 3 atom stereocenters. The SMILES string of the molecule is Cc1ncsc1-c1ccc(C(CN(C)C)NC(=O)C2CCCN2C(=O)C(NC(=O)CN2CCN(c3ccc(C4=CN[NH2+]C(c5ccccc5O)=C4)cc3)CC2)C(C)(C)C)cc1. The normalized spacial score (nSPS) is 18.2. The van der Waals surface area contributed by atoms with Gasteiger partial charge in [-0.25, -0.2) is 15.8 Å². The van der Waals surface area contributed by atoms with Crippen molar-refractivity contribution in [3.63, 3.8) is 0 Å². The number of carbonyl (C=O) groups excluding carboxylic acids is 3. The first kappa shape index (κ1) is 43.5.